The first-order chi connectivity index (χ1) is 9.61. The first kappa shape index (κ1) is 13.6. The molecule has 0 radical (unpaired) electrons. The number of carbonyl (C=O) groups excluding carboxylic acids is 2. The fourth-order valence-electron chi connectivity index (χ4n) is 1.77. The highest BCUT2D eigenvalue weighted by Gasteiger charge is 2.12. The van der Waals surface area contributed by atoms with Gasteiger partial charge in [-0.2, -0.15) is 0 Å². The molecule has 0 aliphatic heterocycles. The lowest BCUT2D eigenvalue weighted by Gasteiger charge is -2.09. The van der Waals surface area contributed by atoms with Crippen molar-refractivity contribution in [3.05, 3.63) is 59.7 Å². The molecule has 102 valence electrons. The number of amides is 2. The number of methoxy groups -OCH3 is 1. The van der Waals surface area contributed by atoms with Gasteiger partial charge in [0.15, 0.2) is 0 Å². The summed E-state index contributed by atoms with van der Waals surface area (Å²) in [5.74, 6) is -0.343. The van der Waals surface area contributed by atoms with Crippen LogP contribution < -0.4 is 15.8 Å². The highest BCUT2D eigenvalue weighted by atomic mass is 16.5. The van der Waals surface area contributed by atoms with Crippen LogP contribution in [0.4, 0.5) is 5.69 Å². The monoisotopic (exact) mass is 270 g/mol. The van der Waals surface area contributed by atoms with Crippen molar-refractivity contribution < 1.29 is 14.3 Å². The molecule has 0 aliphatic carbocycles. The molecule has 0 aliphatic rings. The van der Waals surface area contributed by atoms with E-state index in [1.807, 2.05) is 0 Å². The lowest BCUT2D eigenvalue weighted by Crippen LogP contribution is -2.18. The van der Waals surface area contributed by atoms with Crippen LogP contribution in [0.3, 0.4) is 0 Å². The summed E-state index contributed by atoms with van der Waals surface area (Å²) >= 11 is 0. The number of carbonyl (C=O) groups is 2. The summed E-state index contributed by atoms with van der Waals surface area (Å²) in [6.45, 7) is 0. The summed E-state index contributed by atoms with van der Waals surface area (Å²) in [7, 11) is 1.53. The van der Waals surface area contributed by atoms with Gasteiger partial charge in [-0.15, -0.1) is 0 Å². The molecule has 20 heavy (non-hydrogen) atoms. The molecule has 3 N–H and O–H groups in total. The van der Waals surface area contributed by atoms with Crippen molar-refractivity contribution in [2.24, 2.45) is 5.73 Å². The Morgan fingerprint density at radius 2 is 1.85 bits per heavy atom. The van der Waals surface area contributed by atoms with Gasteiger partial charge in [0.25, 0.3) is 11.8 Å². The molecule has 5 heteroatoms. The zero-order valence-electron chi connectivity index (χ0n) is 10.9. The predicted octanol–water partition coefficient (Wildman–Crippen LogP) is 2.05. The minimum absolute atomic E-state index is 0.267. The Labute approximate surface area is 116 Å². The standard InChI is InChI=1S/C15H14N2O3/c1-20-11-6-4-5-10(9-11)15(19)17-13-8-3-2-7-12(13)14(16)18/h2-9H,1H3,(H2,16,18)(H,17,19). The number of anilines is 1. The van der Waals surface area contributed by atoms with E-state index in [9.17, 15) is 9.59 Å². The summed E-state index contributed by atoms with van der Waals surface area (Å²) in [6.07, 6.45) is 0. The van der Waals surface area contributed by atoms with Gasteiger partial charge in [-0.3, -0.25) is 9.59 Å². The second-order valence-corrected chi connectivity index (χ2v) is 4.10. The maximum Gasteiger partial charge on any atom is 0.255 e. The highest BCUT2D eigenvalue weighted by Crippen LogP contribution is 2.17. The van der Waals surface area contributed by atoms with Gasteiger partial charge in [0.05, 0.1) is 18.4 Å². The third-order valence-corrected chi connectivity index (χ3v) is 2.77. The molecule has 0 spiro atoms. The van der Waals surface area contributed by atoms with Gasteiger partial charge in [0.2, 0.25) is 0 Å². The van der Waals surface area contributed by atoms with Gasteiger partial charge in [-0.1, -0.05) is 18.2 Å². The second-order valence-electron chi connectivity index (χ2n) is 4.10. The third kappa shape index (κ3) is 2.95. The van der Waals surface area contributed by atoms with Gasteiger partial charge < -0.3 is 15.8 Å². The molecule has 2 amide bonds. The number of para-hydroxylation sites is 1. The van der Waals surface area contributed by atoms with E-state index in [0.29, 0.717) is 17.0 Å². The first-order valence-corrected chi connectivity index (χ1v) is 5.96. The van der Waals surface area contributed by atoms with Crippen LogP contribution in [0.2, 0.25) is 0 Å². The van der Waals surface area contributed by atoms with Crippen molar-refractivity contribution in [1.29, 1.82) is 0 Å². The molecule has 2 aromatic rings. The van der Waals surface area contributed by atoms with E-state index in [-0.39, 0.29) is 11.5 Å². The van der Waals surface area contributed by atoms with E-state index in [1.54, 1.807) is 48.5 Å². The van der Waals surface area contributed by atoms with Crippen molar-refractivity contribution in [2.75, 3.05) is 12.4 Å². The zero-order chi connectivity index (χ0) is 14.5. The Bertz CT molecular complexity index is 653. The van der Waals surface area contributed by atoms with E-state index in [4.69, 9.17) is 10.5 Å². The predicted molar refractivity (Wildman–Crippen MR) is 75.9 cm³/mol. The molecule has 0 bridgehead atoms. The summed E-state index contributed by atoms with van der Waals surface area (Å²) in [5.41, 5.74) is 6.35. The topological polar surface area (TPSA) is 81.4 Å². The smallest absolute Gasteiger partial charge is 0.255 e. The molecular formula is C15H14N2O3. The Morgan fingerprint density at radius 3 is 2.55 bits per heavy atom. The average Bonchev–Trinajstić information content (AvgIpc) is 2.47. The van der Waals surface area contributed by atoms with E-state index >= 15 is 0 Å². The fraction of sp³-hybridized carbons (Fsp3) is 0.0667. The Balaban J connectivity index is 2.25. The van der Waals surface area contributed by atoms with Crippen LogP contribution >= 0.6 is 0 Å². The Morgan fingerprint density at radius 1 is 1.10 bits per heavy atom. The maximum atomic E-state index is 12.1. The van der Waals surface area contributed by atoms with Crippen LogP contribution in [0.5, 0.6) is 5.75 Å². The van der Waals surface area contributed by atoms with Crippen LogP contribution in [-0.4, -0.2) is 18.9 Å². The molecule has 2 rings (SSSR count). The van der Waals surface area contributed by atoms with Crippen molar-refractivity contribution in [2.45, 2.75) is 0 Å². The molecule has 0 heterocycles. The Hall–Kier alpha value is -2.82. The first-order valence-electron chi connectivity index (χ1n) is 5.96. The van der Waals surface area contributed by atoms with Crippen LogP contribution in [0, 0.1) is 0 Å². The molecule has 0 atom stereocenters. The highest BCUT2D eigenvalue weighted by molar-refractivity contribution is 6.08. The third-order valence-electron chi connectivity index (χ3n) is 2.77. The molecular weight excluding hydrogens is 256 g/mol. The van der Waals surface area contributed by atoms with Crippen LogP contribution in [0.25, 0.3) is 0 Å². The van der Waals surface area contributed by atoms with E-state index in [2.05, 4.69) is 5.32 Å². The number of nitrogens with two attached hydrogens (primary N) is 1. The second kappa shape index (κ2) is 5.88. The summed E-state index contributed by atoms with van der Waals surface area (Å²) in [6, 6.07) is 13.3. The summed E-state index contributed by atoms with van der Waals surface area (Å²) in [5, 5.41) is 2.66. The zero-order valence-corrected chi connectivity index (χ0v) is 10.9. The molecule has 2 aromatic carbocycles. The number of primary amides is 1. The van der Waals surface area contributed by atoms with Crippen molar-refractivity contribution in [1.82, 2.24) is 0 Å². The van der Waals surface area contributed by atoms with Gasteiger partial charge >= 0.3 is 0 Å². The quantitative estimate of drug-likeness (QED) is 0.892. The number of nitrogens with one attached hydrogen (secondary N) is 1. The number of benzene rings is 2. The van der Waals surface area contributed by atoms with Crippen molar-refractivity contribution in [3.8, 4) is 5.75 Å². The number of hydrogen-bond acceptors (Lipinski definition) is 3. The van der Waals surface area contributed by atoms with Crippen LogP contribution in [0.15, 0.2) is 48.5 Å². The SMILES string of the molecule is COc1cccc(C(=O)Nc2ccccc2C(N)=O)c1. The van der Waals surface area contributed by atoms with Crippen molar-refractivity contribution >= 4 is 17.5 Å². The molecule has 0 fully saturated rings. The molecule has 0 saturated heterocycles. The summed E-state index contributed by atoms with van der Waals surface area (Å²) < 4.78 is 5.06. The number of hydrogen-bond donors (Lipinski definition) is 2. The van der Waals surface area contributed by atoms with E-state index < -0.39 is 5.91 Å². The van der Waals surface area contributed by atoms with Gasteiger partial charge in [0, 0.05) is 5.56 Å². The molecule has 0 aromatic heterocycles. The minimum atomic E-state index is -0.591. The number of ether oxygens (including phenoxy) is 1. The average molecular weight is 270 g/mol. The van der Waals surface area contributed by atoms with Gasteiger partial charge in [-0.05, 0) is 30.3 Å². The fourth-order valence-corrected chi connectivity index (χ4v) is 1.77. The normalized spacial score (nSPS) is 9.85. The molecule has 0 saturated carbocycles. The number of rotatable bonds is 4. The lowest BCUT2D eigenvalue weighted by atomic mass is 10.1. The van der Waals surface area contributed by atoms with Crippen molar-refractivity contribution in [3.63, 3.8) is 0 Å². The summed E-state index contributed by atoms with van der Waals surface area (Å²) in [4.78, 5) is 23.4. The Kier molecular flexibility index (Phi) is 4.00. The largest absolute Gasteiger partial charge is 0.497 e. The molecule has 5 nitrogen and oxygen atoms in total. The van der Waals surface area contributed by atoms with E-state index in [1.165, 1.54) is 7.11 Å². The van der Waals surface area contributed by atoms with Crippen LogP contribution in [0.1, 0.15) is 20.7 Å². The van der Waals surface area contributed by atoms with Crippen LogP contribution in [-0.2, 0) is 0 Å². The maximum absolute atomic E-state index is 12.1. The van der Waals surface area contributed by atoms with Gasteiger partial charge in [0.1, 0.15) is 5.75 Å². The molecule has 0 unspecified atom stereocenters. The minimum Gasteiger partial charge on any atom is -0.497 e. The lowest BCUT2D eigenvalue weighted by molar-refractivity contribution is 0.100. The van der Waals surface area contributed by atoms with E-state index in [0.717, 1.165) is 0 Å². The van der Waals surface area contributed by atoms with Gasteiger partial charge in [-0.25, -0.2) is 0 Å².